The first-order valence-electron chi connectivity index (χ1n) is 8.81. The molecule has 3 aromatic rings. The fourth-order valence-corrected chi connectivity index (χ4v) is 2.50. The molecule has 2 N–H and O–H groups in total. The fraction of sp³-hybridized carbons (Fsp3) is 0.0909. The minimum atomic E-state index is -0.330. The van der Waals surface area contributed by atoms with Crippen molar-refractivity contribution in [3.63, 3.8) is 0 Å². The van der Waals surface area contributed by atoms with Crippen LogP contribution in [-0.2, 0) is 4.79 Å². The molecule has 3 rings (SSSR count). The molecule has 0 aliphatic rings. The second-order valence-electron chi connectivity index (χ2n) is 6.05. The highest BCUT2D eigenvalue weighted by atomic mass is 16.5. The highest BCUT2D eigenvalue weighted by Gasteiger charge is 2.10. The van der Waals surface area contributed by atoms with Gasteiger partial charge in [-0.1, -0.05) is 36.4 Å². The van der Waals surface area contributed by atoms with Crippen molar-refractivity contribution in [2.45, 2.75) is 0 Å². The first kappa shape index (κ1) is 19.0. The number of hydrogen-bond donors (Lipinski definition) is 2. The zero-order valence-electron chi connectivity index (χ0n) is 15.5. The summed E-state index contributed by atoms with van der Waals surface area (Å²) in [6, 6.07) is 25.5. The fourth-order valence-electron chi connectivity index (χ4n) is 2.50. The van der Waals surface area contributed by atoms with Gasteiger partial charge in [0, 0.05) is 12.6 Å². The monoisotopic (exact) mass is 375 g/mol. The van der Waals surface area contributed by atoms with Gasteiger partial charge in [-0.3, -0.25) is 20.0 Å². The van der Waals surface area contributed by atoms with E-state index in [1.165, 1.54) is 0 Å². The first-order chi connectivity index (χ1) is 13.6. The van der Waals surface area contributed by atoms with Crippen LogP contribution < -0.4 is 20.5 Å². The van der Waals surface area contributed by atoms with Gasteiger partial charge in [0.25, 0.3) is 11.8 Å². The Labute approximate surface area is 163 Å². The minimum absolute atomic E-state index is 0.127. The van der Waals surface area contributed by atoms with Gasteiger partial charge >= 0.3 is 0 Å². The topological polar surface area (TPSA) is 70.7 Å². The molecule has 0 atom stereocenters. The van der Waals surface area contributed by atoms with Crippen LogP contribution in [0, 0.1) is 0 Å². The molecule has 0 saturated heterocycles. The highest BCUT2D eigenvalue weighted by molar-refractivity contribution is 5.96. The van der Waals surface area contributed by atoms with Crippen molar-refractivity contribution >= 4 is 17.5 Å². The van der Waals surface area contributed by atoms with Crippen molar-refractivity contribution in [2.24, 2.45) is 0 Å². The van der Waals surface area contributed by atoms with Gasteiger partial charge in [-0.2, -0.15) is 0 Å². The third kappa shape index (κ3) is 5.35. The summed E-state index contributed by atoms with van der Waals surface area (Å²) in [5, 5.41) is 4.21. The van der Waals surface area contributed by atoms with E-state index in [1.54, 1.807) is 36.3 Å². The third-order valence-electron chi connectivity index (χ3n) is 3.94. The molecule has 0 spiro atoms. The van der Waals surface area contributed by atoms with Gasteiger partial charge < -0.3 is 10.1 Å². The van der Waals surface area contributed by atoms with Gasteiger partial charge in [-0.05, 0) is 48.5 Å². The standard InChI is InChI=1S/C22H21N3O3/c1-25(18-8-4-2-5-9-18)24-21(26)16-23-22(27)17-12-14-20(15-13-17)28-19-10-6-3-7-11-19/h2-15H,16H2,1H3,(H,23,27)(H,24,26). The lowest BCUT2D eigenvalue weighted by Gasteiger charge is -2.20. The highest BCUT2D eigenvalue weighted by Crippen LogP contribution is 2.21. The molecule has 142 valence electrons. The van der Waals surface area contributed by atoms with E-state index >= 15 is 0 Å². The van der Waals surface area contributed by atoms with Gasteiger partial charge in [-0.25, -0.2) is 0 Å². The van der Waals surface area contributed by atoms with E-state index in [9.17, 15) is 9.59 Å². The number of anilines is 1. The molecule has 0 heterocycles. The van der Waals surface area contributed by atoms with Gasteiger partial charge in [0.05, 0.1) is 12.2 Å². The van der Waals surface area contributed by atoms with E-state index in [2.05, 4.69) is 10.7 Å². The molecule has 0 bridgehead atoms. The normalized spacial score (nSPS) is 10.0. The van der Waals surface area contributed by atoms with Crippen molar-refractivity contribution < 1.29 is 14.3 Å². The molecule has 3 aromatic carbocycles. The van der Waals surface area contributed by atoms with Gasteiger partial charge in [0.2, 0.25) is 0 Å². The Balaban J connectivity index is 1.48. The Bertz CT molecular complexity index is 913. The smallest absolute Gasteiger partial charge is 0.257 e. The molecule has 6 heteroatoms. The van der Waals surface area contributed by atoms with Crippen molar-refractivity contribution in [1.82, 2.24) is 10.7 Å². The number of nitrogens with zero attached hydrogens (tertiary/aromatic N) is 1. The molecule has 0 aliphatic carbocycles. The number of hydrogen-bond acceptors (Lipinski definition) is 4. The summed E-state index contributed by atoms with van der Waals surface area (Å²) in [7, 11) is 1.74. The van der Waals surface area contributed by atoms with Crippen LogP contribution in [-0.4, -0.2) is 25.4 Å². The van der Waals surface area contributed by atoms with Crippen molar-refractivity contribution in [3.05, 3.63) is 90.5 Å². The summed E-state index contributed by atoms with van der Waals surface area (Å²) < 4.78 is 5.70. The zero-order chi connectivity index (χ0) is 19.8. The van der Waals surface area contributed by atoms with E-state index in [4.69, 9.17) is 4.74 Å². The van der Waals surface area contributed by atoms with Crippen LogP contribution in [0.5, 0.6) is 11.5 Å². The van der Waals surface area contributed by atoms with Gasteiger partial charge in [-0.15, -0.1) is 0 Å². The lowest BCUT2D eigenvalue weighted by molar-refractivity contribution is -0.120. The first-order valence-corrected chi connectivity index (χ1v) is 8.81. The molecule has 0 radical (unpaired) electrons. The van der Waals surface area contributed by atoms with E-state index < -0.39 is 0 Å². The summed E-state index contributed by atoms with van der Waals surface area (Å²) in [4.78, 5) is 24.3. The molecule has 0 aliphatic heterocycles. The SMILES string of the molecule is CN(NC(=O)CNC(=O)c1ccc(Oc2ccccc2)cc1)c1ccccc1. The summed E-state index contributed by atoms with van der Waals surface area (Å²) in [6.45, 7) is -0.127. The van der Waals surface area contributed by atoms with Gasteiger partial charge in [0.1, 0.15) is 11.5 Å². The Morgan fingerprint density at radius 3 is 2.04 bits per heavy atom. The number of ether oxygens (including phenoxy) is 1. The lowest BCUT2D eigenvalue weighted by atomic mass is 10.2. The Hall–Kier alpha value is -3.80. The molecular weight excluding hydrogens is 354 g/mol. The van der Waals surface area contributed by atoms with Crippen LogP contribution in [0.3, 0.4) is 0 Å². The van der Waals surface area contributed by atoms with Crippen LogP contribution in [0.2, 0.25) is 0 Å². The summed E-state index contributed by atoms with van der Waals surface area (Å²) in [5.74, 6) is 0.705. The molecule has 0 unspecified atom stereocenters. The molecular formula is C22H21N3O3. The summed E-state index contributed by atoms with van der Waals surface area (Å²) in [5.41, 5.74) is 3.99. The maximum atomic E-state index is 12.2. The van der Waals surface area contributed by atoms with Gasteiger partial charge in [0.15, 0.2) is 0 Å². The second kappa shape index (κ2) is 9.23. The predicted molar refractivity (Wildman–Crippen MR) is 108 cm³/mol. The molecule has 0 fully saturated rings. The Kier molecular flexibility index (Phi) is 6.25. The molecule has 0 saturated carbocycles. The van der Waals surface area contributed by atoms with Crippen LogP contribution in [0.4, 0.5) is 5.69 Å². The van der Waals surface area contributed by atoms with E-state index in [-0.39, 0.29) is 18.4 Å². The summed E-state index contributed by atoms with van der Waals surface area (Å²) in [6.07, 6.45) is 0. The van der Waals surface area contributed by atoms with Crippen LogP contribution in [0.25, 0.3) is 0 Å². The largest absolute Gasteiger partial charge is 0.457 e. The number of nitrogens with one attached hydrogen (secondary N) is 2. The summed E-state index contributed by atoms with van der Waals surface area (Å²) >= 11 is 0. The second-order valence-corrected chi connectivity index (χ2v) is 6.05. The average molecular weight is 375 g/mol. The average Bonchev–Trinajstić information content (AvgIpc) is 2.74. The van der Waals surface area contributed by atoms with E-state index in [1.807, 2.05) is 60.7 Å². The Morgan fingerprint density at radius 2 is 1.39 bits per heavy atom. The number of rotatable bonds is 7. The number of para-hydroxylation sites is 2. The number of carbonyl (C=O) groups is 2. The Morgan fingerprint density at radius 1 is 0.821 bits per heavy atom. The van der Waals surface area contributed by atoms with Crippen LogP contribution in [0.1, 0.15) is 10.4 Å². The van der Waals surface area contributed by atoms with Crippen molar-refractivity contribution in [3.8, 4) is 11.5 Å². The van der Waals surface area contributed by atoms with E-state index in [0.29, 0.717) is 11.3 Å². The number of carbonyl (C=O) groups excluding carboxylic acids is 2. The minimum Gasteiger partial charge on any atom is -0.457 e. The maximum absolute atomic E-state index is 12.2. The molecule has 0 aromatic heterocycles. The van der Waals surface area contributed by atoms with E-state index in [0.717, 1.165) is 11.4 Å². The number of amides is 2. The maximum Gasteiger partial charge on any atom is 0.257 e. The lowest BCUT2D eigenvalue weighted by Crippen LogP contribution is -2.45. The zero-order valence-corrected chi connectivity index (χ0v) is 15.5. The molecule has 2 amide bonds. The van der Waals surface area contributed by atoms with Crippen molar-refractivity contribution in [1.29, 1.82) is 0 Å². The number of hydrazine groups is 1. The van der Waals surface area contributed by atoms with Crippen LogP contribution >= 0.6 is 0 Å². The molecule has 28 heavy (non-hydrogen) atoms. The quantitative estimate of drug-likeness (QED) is 0.621. The van der Waals surface area contributed by atoms with Crippen LogP contribution in [0.15, 0.2) is 84.9 Å². The predicted octanol–water partition coefficient (Wildman–Crippen LogP) is 3.38. The molecule has 6 nitrogen and oxygen atoms in total. The number of benzene rings is 3. The third-order valence-corrected chi connectivity index (χ3v) is 3.94. The van der Waals surface area contributed by atoms with Crippen molar-refractivity contribution in [2.75, 3.05) is 18.6 Å².